The molecule has 1 unspecified atom stereocenters. The Kier molecular flexibility index (Phi) is 6.53. The van der Waals surface area contributed by atoms with E-state index in [1.54, 1.807) is 0 Å². The van der Waals surface area contributed by atoms with Crippen molar-refractivity contribution in [2.24, 2.45) is 0 Å². The molecule has 1 aromatic rings. The van der Waals surface area contributed by atoms with Crippen LogP contribution < -0.4 is 10.2 Å². The molecule has 0 spiro atoms. The number of likely N-dealkylation sites (N-methyl/N-ethyl adjacent to an activating group) is 1. The number of hydrogen-bond acceptors (Lipinski definition) is 7. The number of piperazine rings is 1. The summed E-state index contributed by atoms with van der Waals surface area (Å²) in [6.07, 6.45) is 2.57. The summed E-state index contributed by atoms with van der Waals surface area (Å²) in [5, 5.41) is 2.38. The van der Waals surface area contributed by atoms with Crippen LogP contribution >= 0.6 is 0 Å². The zero-order valence-corrected chi connectivity index (χ0v) is 16.1. The van der Waals surface area contributed by atoms with Crippen molar-refractivity contribution in [1.82, 2.24) is 15.1 Å². The van der Waals surface area contributed by atoms with E-state index >= 15 is 0 Å². The van der Waals surface area contributed by atoms with Gasteiger partial charge in [-0.15, -0.1) is 0 Å². The highest BCUT2D eigenvalue weighted by Gasteiger charge is 2.30. The SMILES string of the molecule is CN(Cc1cc(N2CCN(CC=O)CC2)ccc1C=O)C1CCC(=O)NC1=O. The van der Waals surface area contributed by atoms with Crippen LogP contribution in [0.5, 0.6) is 0 Å². The summed E-state index contributed by atoms with van der Waals surface area (Å²) in [5.74, 6) is -0.521. The second-order valence-electron chi connectivity index (χ2n) is 7.34. The van der Waals surface area contributed by atoms with Crippen molar-refractivity contribution in [1.29, 1.82) is 0 Å². The molecule has 2 amide bonds. The van der Waals surface area contributed by atoms with Crippen molar-refractivity contribution >= 4 is 30.1 Å². The van der Waals surface area contributed by atoms with Crippen molar-refractivity contribution in [3.05, 3.63) is 29.3 Å². The Labute approximate surface area is 164 Å². The number of nitrogens with one attached hydrogen (secondary N) is 1. The molecule has 0 aliphatic carbocycles. The second-order valence-corrected chi connectivity index (χ2v) is 7.34. The Balaban J connectivity index is 1.71. The lowest BCUT2D eigenvalue weighted by Crippen LogP contribution is -2.51. The van der Waals surface area contributed by atoms with Gasteiger partial charge in [-0.2, -0.15) is 0 Å². The predicted molar refractivity (Wildman–Crippen MR) is 104 cm³/mol. The number of rotatable bonds is 7. The van der Waals surface area contributed by atoms with Gasteiger partial charge in [-0.05, 0) is 37.2 Å². The van der Waals surface area contributed by atoms with Crippen LogP contribution in [0.15, 0.2) is 18.2 Å². The number of imide groups is 1. The van der Waals surface area contributed by atoms with Crippen LogP contribution in [0.2, 0.25) is 0 Å². The Morgan fingerprint density at radius 3 is 2.57 bits per heavy atom. The first kappa shape index (κ1) is 20.2. The van der Waals surface area contributed by atoms with E-state index in [1.807, 2.05) is 30.1 Å². The fourth-order valence-corrected chi connectivity index (χ4v) is 3.82. The van der Waals surface area contributed by atoms with Crippen LogP contribution in [0, 0.1) is 0 Å². The molecule has 8 heteroatoms. The van der Waals surface area contributed by atoms with Gasteiger partial charge in [0, 0.05) is 50.4 Å². The zero-order chi connectivity index (χ0) is 20.1. The molecule has 8 nitrogen and oxygen atoms in total. The molecule has 3 rings (SSSR count). The summed E-state index contributed by atoms with van der Waals surface area (Å²) in [7, 11) is 1.83. The molecule has 0 aromatic heterocycles. The fraction of sp³-hybridized carbons (Fsp3) is 0.500. The van der Waals surface area contributed by atoms with Gasteiger partial charge in [-0.3, -0.25) is 29.5 Å². The van der Waals surface area contributed by atoms with Crippen LogP contribution in [0.1, 0.15) is 28.8 Å². The van der Waals surface area contributed by atoms with Crippen molar-refractivity contribution < 1.29 is 19.2 Å². The molecule has 1 N–H and O–H groups in total. The minimum absolute atomic E-state index is 0.237. The van der Waals surface area contributed by atoms with E-state index in [2.05, 4.69) is 15.1 Å². The van der Waals surface area contributed by atoms with Gasteiger partial charge in [0.25, 0.3) is 0 Å². The molecule has 0 bridgehead atoms. The molecule has 0 saturated carbocycles. The first-order valence-electron chi connectivity index (χ1n) is 9.55. The van der Waals surface area contributed by atoms with Gasteiger partial charge in [0.1, 0.15) is 12.6 Å². The average Bonchev–Trinajstić information content (AvgIpc) is 2.68. The summed E-state index contributed by atoms with van der Waals surface area (Å²) < 4.78 is 0. The van der Waals surface area contributed by atoms with Crippen molar-refractivity contribution in [3.63, 3.8) is 0 Å². The fourth-order valence-electron chi connectivity index (χ4n) is 3.82. The molecule has 2 aliphatic rings. The van der Waals surface area contributed by atoms with Crippen LogP contribution in [-0.2, 0) is 20.9 Å². The predicted octanol–water partition coefficient (Wildman–Crippen LogP) is 0.0570. The molecular formula is C20H26N4O4. The number of carbonyl (C=O) groups excluding carboxylic acids is 4. The number of aldehydes is 2. The Morgan fingerprint density at radius 2 is 1.93 bits per heavy atom. The maximum atomic E-state index is 12.1. The second kappa shape index (κ2) is 9.07. The van der Waals surface area contributed by atoms with Crippen molar-refractivity contribution in [2.45, 2.75) is 25.4 Å². The first-order valence-corrected chi connectivity index (χ1v) is 9.55. The monoisotopic (exact) mass is 386 g/mol. The third kappa shape index (κ3) is 4.63. The minimum Gasteiger partial charge on any atom is -0.369 e. The molecule has 2 aliphatic heterocycles. The van der Waals surface area contributed by atoms with Crippen molar-refractivity contribution in [2.75, 3.05) is 44.7 Å². The van der Waals surface area contributed by atoms with E-state index in [4.69, 9.17) is 0 Å². The lowest BCUT2D eigenvalue weighted by Gasteiger charge is -2.35. The third-order valence-corrected chi connectivity index (χ3v) is 5.49. The van der Waals surface area contributed by atoms with Crippen LogP contribution in [0.4, 0.5) is 5.69 Å². The van der Waals surface area contributed by atoms with Crippen LogP contribution in [0.25, 0.3) is 0 Å². The highest BCUT2D eigenvalue weighted by molar-refractivity contribution is 6.00. The molecule has 2 saturated heterocycles. The van der Waals surface area contributed by atoms with Gasteiger partial charge < -0.3 is 9.69 Å². The van der Waals surface area contributed by atoms with E-state index < -0.39 is 0 Å². The maximum Gasteiger partial charge on any atom is 0.243 e. The number of anilines is 1. The van der Waals surface area contributed by atoms with Gasteiger partial charge in [0.2, 0.25) is 11.8 Å². The topological polar surface area (TPSA) is 90.0 Å². The number of amides is 2. The summed E-state index contributed by atoms with van der Waals surface area (Å²) in [6, 6.07) is 5.37. The van der Waals surface area contributed by atoms with E-state index in [9.17, 15) is 19.2 Å². The van der Waals surface area contributed by atoms with Gasteiger partial charge in [-0.1, -0.05) is 0 Å². The molecule has 1 aromatic carbocycles. The van der Waals surface area contributed by atoms with Crippen LogP contribution in [0.3, 0.4) is 0 Å². The highest BCUT2D eigenvalue weighted by Crippen LogP contribution is 2.23. The summed E-state index contributed by atoms with van der Waals surface area (Å²) >= 11 is 0. The summed E-state index contributed by atoms with van der Waals surface area (Å²) in [4.78, 5) is 51.9. The Bertz CT molecular complexity index is 759. The molecule has 28 heavy (non-hydrogen) atoms. The lowest BCUT2D eigenvalue weighted by molar-refractivity contribution is -0.137. The van der Waals surface area contributed by atoms with Gasteiger partial charge in [0.05, 0.1) is 12.6 Å². The maximum absolute atomic E-state index is 12.1. The van der Waals surface area contributed by atoms with Gasteiger partial charge in [0.15, 0.2) is 0 Å². The average molecular weight is 386 g/mol. The van der Waals surface area contributed by atoms with Gasteiger partial charge >= 0.3 is 0 Å². The highest BCUT2D eigenvalue weighted by atomic mass is 16.2. The normalized spacial score (nSPS) is 20.9. The number of piperidine rings is 1. The summed E-state index contributed by atoms with van der Waals surface area (Å²) in [5.41, 5.74) is 2.49. The first-order chi connectivity index (χ1) is 13.5. The molecule has 1 atom stereocenters. The molecule has 2 fully saturated rings. The molecular weight excluding hydrogens is 360 g/mol. The minimum atomic E-state index is -0.382. The number of benzene rings is 1. The summed E-state index contributed by atoms with van der Waals surface area (Å²) in [6.45, 7) is 4.17. The molecule has 2 heterocycles. The van der Waals surface area contributed by atoms with Crippen molar-refractivity contribution in [3.8, 4) is 0 Å². The molecule has 150 valence electrons. The van der Waals surface area contributed by atoms with E-state index in [1.165, 1.54) is 0 Å². The van der Waals surface area contributed by atoms with Crippen LogP contribution in [-0.4, -0.2) is 80.0 Å². The lowest BCUT2D eigenvalue weighted by atomic mass is 10.0. The van der Waals surface area contributed by atoms with Gasteiger partial charge in [-0.25, -0.2) is 0 Å². The van der Waals surface area contributed by atoms with E-state index in [0.29, 0.717) is 31.5 Å². The number of hydrogen-bond donors (Lipinski definition) is 1. The number of carbonyl (C=O) groups is 4. The largest absolute Gasteiger partial charge is 0.369 e. The number of nitrogens with zero attached hydrogens (tertiary/aromatic N) is 3. The Morgan fingerprint density at radius 1 is 1.18 bits per heavy atom. The zero-order valence-electron chi connectivity index (χ0n) is 16.1. The quantitative estimate of drug-likeness (QED) is 0.523. The van der Waals surface area contributed by atoms with E-state index in [-0.39, 0.29) is 17.9 Å². The third-order valence-electron chi connectivity index (χ3n) is 5.49. The standard InChI is InChI=1S/C20H26N4O4/c1-22(18-4-5-19(27)21-20(18)28)13-16-12-17(3-2-15(16)14-26)24-8-6-23(7-9-24)10-11-25/h2-3,11-12,14,18H,4-10,13H2,1H3,(H,21,27,28). The smallest absolute Gasteiger partial charge is 0.243 e. The molecule has 0 radical (unpaired) electrons. The van der Waals surface area contributed by atoms with E-state index in [0.717, 1.165) is 50.0 Å². The Hall–Kier alpha value is -2.58.